The number of rotatable bonds is 6. The zero-order chi connectivity index (χ0) is 18.9. The van der Waals surface area contributed by atoms with Gasteiger partial charge in [0, 0.05) is 24.9 Å². The van der Waals surface area contributed by atoms with Gasteiger partial charge >= 0.3 is 0 Å². The molecule has 2 aromatic rings. The highest BCUT2D eigenvalue weighted by molar-refractivity contribution is 5.95. The first-order valence-electron chi connectivity index (χ1n) is 7.90. The number of hydrazine groups is 1. The smallest absolute Gasteiger partial charge is 0.269 e. The number of benzene rings is 1. The van der Waals surface area contributed by atoms with E-state index in [1.54, 1.807) is 31.4 Å². The van der Waals surface area contributed by atoms with E-state index < -0.39 is 17.9 Å². The molecular formula is C18H20N4O4. The first-order chi connectivity index (χ1) is 12.5. The number of ether oxygens (including phenoxy) is 1. The number of hydrogen-bond acceptors (Lipinski definition) is 5. The molecule has 1 aromatic heterocycles. The average Bonchev–Trinajstić information content (AvgIpc) is 2.66. The molecule has 0 spiro atoms. The molecule has 26 heavy (non-hydrogen) atoms. The number of methoxy groups -OCH3 is 1. The summed E-state index contributed by atoms with van der Waals surface area (Å²) >= 11 is 0. The number of carbonyl (C=O) groups is 3. The van der Waals surface area contributed by atoms with E-state index >= 15 is 0 Å². The summed E-state index contributed by atoms with van der Waals surface area (Å²) in [5.41, 5.74) is 5.79. The molecule has 1 aromatic carbocycles. The number of nitrogens with zero attached hydrogens (tertiary/aromatic N) is 1. The van der Waals surface area contributed by atoms with Gasteiger partial charge in [-0.2, -0.15) is 0 Å². The van der Waals surface area contributed by atoms with Crippen LogP contribution in [0.5, 0.6) is 5.75 Å². The lowest BCUT2D eigenvalue weighted by Crippen LogP contribution is -2.43. The monoisotopic (exact) mass is 356 g/mol. The molecule has 136 valence electrons. The minimum Gasteiger partial charge on any atom is -0.497 e. The molecule has 8 nitrogen and oxygen atoms in total. The quantitative estimate of drug-likeness (QED) is 0.672. The van der Waals surface area contributed by atoms with Gasteiger partial charge in [0.15, 0.2) is 0 Å². The molecule has 0 aliphatic heterocycles. The number of carbonyl (C=O) groups excluding carboxylic acids is 3. The first-order valence-corrected chi connectivity index (χ1v) is 7.90. The van der Waals surface area contributed by atoms with E-state index in [0.29, 0.717) is 11.3 Å². The topological polar surface area (TPSA) is 109 Å². The number of nitrogens with one attached hydrogen (secondary N) is 3. The van der Waals surface area contributed by atoms with Crippen LogP contribution in [0.3, 0.4) is 0 Å². The van der Waals surface area contributed by atoms with E-state index in [1.165, 1.54) is 31.5 Å². The lowest BCUT2D eigenvalue weighted by molar-refractivity contribution is -0.123. The van der Waals surface area contributed by atoms with Crippen LogP contribution >= 0.6 is 0 Å². The predicted octanol–water partition coefficient (Wildman–Crippen LogP) is 1.12. The van der Waals surface area contributed by atoms with E-state index in [9.17, 15) is 14.4 Å². The molecule has 3 N–H and O–H groups in total. The van der Waals surface area contributed by atoms with Crippen LogP contribution in [0.15, 0.2) is 48.8 Å². The highest BCUT2D eigenvalue weighted by Crippen LogP contribution is 2.20. The molecule has 0 radical (unpaired) electrons. The number of aromatic nitrogens is 1. The van der Waals surface area contributed by atoms with Gasteiger partial charge in [-0.1, -0.05) is 12.1 Å². The van der Waals surface area contributed by atoms with E-state index in [1.807, 2.05) is 0 Å². The number of amides is 3. The third-order valence-corrected chi connectivity index (χ3v) is 3.54. The van der Waals surface area contributed by atoms with Crippen molar-refractivity contribution >= 4 is 17.7 Å². The van der Waals surface area contributed by atoms with Crippen LogP contribution in [-0.2, 0) is 9.59 Å². The van der Waals surface area contributed by atoms with Crippen molar-refractivity contribution in [1.29, 1.82) is 0 Å². The summed E-state index contributed by atoms with van der Waals surface area (Å²) in [6.07, 6.45) is 2.92. The second-order valence-electron chi connectivity index (χ2n) is 5.47. The molecule has 0 saturated carbocycles. The van der Waals surface area contributed by atoms with E-state index in [0.717, 1.165) is 5.56 Å². The fourth-order valence-electron chi connectivity index (χ4n) is 2.27. The van der Waals surface area contributed by atoms with E-state index in [2.05, 4.69) is 21.2 Å². The van der Waals surface area contributed by atoms with Crippen LogP contribution < -0.4 is 20.9 Å². The van der Waals surface area contributed by atoms with Crippen LogP contribution in [0.25, 0.3) is 0 Å². The molecule has 1 heterocycles. The van der Waals surface area contributed by atoms with Crippen molar-refractivity contribution in [3.63, 3.8) is 0 Å². The van der Waals surface area contributed by atoms with Crippen LogP contribution in [0.2, 0.25) is 0 Å². The third kappa shape index (κ3) is 5.59. The van der Waals surface area contributed by atoms with Crippen LogP contribution in [-0.4, -0.2) is 29.8 Å². The molecule has 0 aliphatic rings. The van der Waals surface area contributed by atoms with Crippen LogP contribution in [0.1, 0.15) is 35.3 Å². The fraction of sp³-hybridized carbons (Fsp3) is 0.222. The predicted molar refractivity (Wildman–Crippen MR) is 94.0 cm³/mol. The Bertz CT molecular complexity index is 763. The average molecular weight is 356 g/mol. The Hall–Kier alpha value is -3.42. The van der Waals surface area contributed by atoms with E-state index in [-0.39, 0.29) is 12.3 Å². The van der Waals surface area contributed by atoms with Crippen molar-refractivity contribution in [3.05, 3.63) is 59.9 Å². The number of pyridine rings is 1. The highest BCUT2D eigenvalue weighted by Gasteiger charge is 2.18. The molecule has 0 aliphatic carbocycles. The van der Waals surface area contributed by atoms with Crippen LogP contribution in [0, 0.1) is 0 Å². The number of hydrogen-bond donors (Lipinski definition) is 3. The lowest BCUT2D eigenvalue weighted by Gasteiger charge is -2.18. The molecule has 0 fully saturated rings. The Kier molecular flexibility index (Phi) is 6.67. The van der Waals surface area contributed by atoms with Gasteiger partial charge in [0.05, 0.1) is 19.6 Å². The largest absolute Gasteiger partial charge is 0.497 e. The maximum absolute atomic E-state index is 12.2. The summed E-state index contributed by atoms with van der Waals surface area (Å²) in [6, 6.07) is 9.54. The summed E-state index contributed by atoms with van der Waals surface area (Å²) in [5.74, 6) is -0.493. The van der Waals surface area contributed by atoms with Crippen molar-refractivity contribution in [2.75, 3.05) is 7.11 Å². The van der Waals surface area contributed by atoms with Gasteiger partial charge in [0.1, 0.15) is 5.75 Å². The lowest BCUT2D eigenvalue weighted by atomic mass is 10.0. The maximum Gasteiger partial charge on any atom is 0.269 e. The van der Waals surface area contributed by atoms with Crippen molar-refractivity contribution in [3.8, 4) is 5.75 Å². The van der Waals surface area contributed by atoms with Crippen molar-refractivity contribution < 1.29 is 19.1 Å². The van der Waals surface area contributed by atoms with Gasteiger partial charge in [-0.25, -0.2) is 0 Å². The van der Waals surface area contributed by atoms with Crippen molar-refractivity contribution in [1.82, 2.24) is 21.2 Å². The van der Waals surface area contributed by atoms with Gasteiger partial charge in [0.25, 0.3) is 5.91 Å². The fourth-order valence-corrected chi connectivity index (χ4v) is 2.27. The Morgan fingerprint density at radius 1 is 1.04 bits per heavy atom. The molecule has 0 bridgehead atoms. The van der Waals surface area contributed by atoms with E-state index in [4.69, 9.17) is 4.74 Å². The highest BCUT2D eigenvalue weighted by atomic mass is 16.5. The molecule has 3 amide bonds. The molecule has 1 atom stereocenters. The van der Waals surface area contributed by atoms with Crippen molar-refractivity contribution in [2.24, 2.45) is 0 Å². The minimum absolute atomic E-state index is 0.0392. The SMILES string of the molecule is COc1ccc([C@H](CC(=O)NNC(=O)c2ccncc2)NC(C)=O)cc1. The summed E-state index contributed by atoms with van der Waals surface area (Å²) in [7, 11) is 1.55. The van der Waals surface area contributed by atoms with Gasteiger partial charge in [-0.3, -0.25) is 30.2 Å². The minimum atomic E-state index is -0.531. The Balaban J connectivity index is 1.97. The summed E-state index contributed by atoms with van der Waals surface area (Å²) in [4.78, 5) is 39.3. The summed E-state index contributed by atoms with van der Waals surface area (Å²) < 4.78 is 5.10. The maximum atomic E-state index is 12.2. The normalized spacial score (nSPS) is 11.2. The van der Waals surface area contributed by atoms with Gasteiger partial charge in [-0.15, -0.1) is 0 Å². The zero-order valence-electron chi connectivity index (χ0n) is 14.5. The van der Waals surface area contributed by atoms with Gasteiger partial charge in [-0.05, 0) is 29.8 Å². The third-order valence-electron chi connectivity index (χ3n) is 3.54. The van der Waals surface area contributed by atoms with Gasteiger partial charge < -0.3 is 10.1 Å². The second-order valence-corrected chi connectivity index (χ2v) is 5.47. The molecule has 8 heteroatoms. The molecular weight excluding hydrogens is 336 g/mol. The standard InChI is InChI=1S/C18H20N4O4/c1-12(23)20-16(13-3-5-15(26-2)6-4-13)11-17(24)21-22-18(25)14-7-9-19-10-8-14/h3-10,16H,11H2,1-2H3,(H,20,23)(H,21,24)(H,22,25)/t16-/m0/s1. The Morgan fingerprint density at radius 2 is 1.69 bits per heavy atom. The van der Waals surface area contributed by atoms with Gasteiger partial charge in [0.2, 0.25) is 11.8 Å². The Morgan fingerprint density at radius 3 is 2.27 bits per heavy atom. The van der Waals surface area contributed by atoms with Crippen molar-refractivity contribution in [2.45, 2.75) is 19.4 Å². The molecule has 2 rings (SSSR count). The van der Waals surface area contributed by atoms with Crippen LogP contribution in [0.4, 0.5) is 0 Å². The summed E-state index contributed by atoms with van der Waals surface area (Å²) in [6.45, 7) is 1.37. The molecule has 0 unspecified atom stereocenters. The molecule has 0 saturated heterocycles. The zero-order valence-corrected chi connectivity index (χ0v) is 14.5. The second kappa shape index (κ2) is 9.16. The summed E-state index contributed by atoms with van der Waals surface area (Å²) in [5, 5.41) is 2.72. The first kappa shape index (κ1) is 18.9. The Labute approximate surface area is 150 Å².